The summed E-state index contributed by atoms with van der Waals surface area (Å²) in [5, 5.41) is 0.965. The van der Waals surface area contributed by atoms with Gasteiger partial charge in [-0.15, -0.1) is 0 Å². The van der Waals surface area contributed by atoms with Crippen molar-refractivity contribution < 1.29 is 4.39 Å². The highest BCUT2D eigenvalue weighted by Gasteiger charge is 2.15. The number of benzene rings is 2. The molecule has 94 valence electrons. The van der Waals surface area contributed by atoms with E-state index in [0.29, 0.717) is 15.6 Å². The van der Waals surface area contributed by atoms with E-state index in [4.69, 9.17) is 29.0 Å². The topological polar surface area (TPSA) is 38.0 Å². The minimum Gasteiger partial charge on any atom is -0.271 e. The van der Waals surface area contributed by atoms with Gasteiger partial charge in [0.05, 0.1) is 6.04 Å². The van der Waals surface area contributed by atoms with Gasteiger partial charge in [-0.25, -0.2) is 9.82 Å². The molecule has 2 rings (SSSR count). The Morgan fingerprint density at radius 1 is 1.06 bits per heavy atom. The maximum atomic E-state index is 13.0. The average Bonchev–Trinajstić information content (AvgIpc) is 2.35. The van der Waals surface area contributed by atoms with Crippen molar-refractivity contribution in [3.05, 3.63) is 69.5 Å². The molecule has 1 unspecified atom stereocenters. The SMILES string of the molecule is NNC(c1ccc(Cl)cc1)c1ccc(F)cc1Cl. The quantitative estimate of drug-likeness (QED) is 0.666. The number of hydrazine groups is 1. The van der Waals surface area contributed by atoms with Crippen molar-refractivity contribution in [2.24, 2.45) is 5.84 Å². The third kappa shape index (κ3) is 2.82. The van der Waals surface area contributed by atoms with E-state index in [1.807, 2.05) is 12.1 Å². The molecule has 2 aromatic rings. The van der Waals surface area contributed by atoms with Crippen LogP contribution in [0.2, 0.25) is 10.0 Å². The average molecular weight is 285 g/mol. The van der Waals surface area contributed by atoms with Crippen LogP contribution in [0.5, 0.6) is 0 Å². The van der Waals surface area contributed by atoms with E-state index in [1.165, 1.54) is 12.1 Å². The molecule has 0 amide bonds. The Kier molecular flexibility index (Phi) is 4.19. The van der Waals surface area contributed by atoms with Crippen molar-refractivity contribution >= 4 is 23.2 Å². The van der Waals surface area contributed by atoms with Gasteiger partial charge in [0.15, 0.2) is 0 Å². The number of hydrogen-bond donors (Lipinski definition) is 2. The fourth-order valence-electron chi connectivity index (χ4n) is 1.76. The van der Waals surface area contributed by atoms with Crippen molar-refractivity contribution in [2.45, 2.75) is 6.04 Å². The van der Waals surface area contributed by atoms with E-state index in [-0.39, 0.29) is 11.9 Å². The predicted molar refractivity (Wildman–Crippen MR) is 72.0 cm³/mol. The highest BCUT2D eigenvalue weighted by atomic mass is 35.5. The second-order valence-corrected chi connectivity index (χ2v) is 4.66. The van der Waals surface area contributed by atoms with E-state index in [2.05, 4.69) is 5.43 Å². The monoisotopic (exact) mass is 284 g/mol. The summed E-state index contributed by atoms with van der Waals surface area (Å²) >= 11 is 11.9. The second-order valence-electron chi connectivity index (χ2n) is 3.82. The summed E-state index contributed by atoms with van der Waals surface area (Å²) < 4.78 is 13.0. The minimum absolute atomic E-state index is 0.310. The molecule has 2 nitrogen and oxygen atoms in total. The number of halogens is 3. The standard InChI is InChI=1S/C13H11Cl2FN2/c14-9-3-1-8(2-4-9)13(18-17)11-6-5-10(16)7-12(11)15/h1-7,13,18H,17H2. The van der Waals surface area contributed by atoms with Crippen LogP contribution in [0.15, 0.2) is 42.5 Å². The number of nitrogens with two attached hydrogens (primary N) is 1. The molecule has 0 aromatic heterocycles. The molecule has 0 bridgehead atoms. The molecule has 0 aliphatic rings. The highest BCUT2D eigenvalue weighted by molar-refractivity contribution is 6.31. The van der Waals surface area contributed by atoms with E-state index in [0.717, 1.165) is 5.56 Å². The maximum Gasteiger partial charge on any atom is 0.124 e. The third-order valence-corrected chi connectivity index (χ3v) is 3.22. The summed E-state index contributed by atoms with van der Waals surface area (Å²) in [6, 6.07) is 11.1. The zero-order chi connectivity index (χ0) is 13.1. The Bertz CT molecular complexity index is 543. The lowest BCUT2D eigenvalue weighted by Gasteiger charge is -2.18. The first kappa shape index (κ1) is 13.3. The highest BCUT2D eigenvalue weighted by Crippen LogP contribution is 2.29. The minimum atomic E-state index is -0.379. The fraction of sp³-hybridized carbons (Fsp3) is 0.0769. The molecule has 0 saturated heterocycles. The van der Waals surface area contributed by atoms with Crippen molar-refractivity contribution in [3.63, 3.8) is 0 Å². The molecular formula is C13H11Cl2FN2. The lowest BCUT2D eigenvalue weighted by atomic mass is 9.99. The molecule has 2 aromatic carbocycles. The van der Waals surface area contributed by atoms with Gasteiger partial charge in [-0.2, -0.15) is 0 Å². The van der Waals surface area contributed by atoms with E-state index in [9.17, 15) is 4.39 Å². The van der Waals surface area contributed by atoms with Gasteiger partial charge in [0.25, 0.3) is 0 Å². The van der Waals surface area contributed by atoms with Crippen LogP contribution in [0.1, 0.15) is 17.2 Å². The largest absolute Gasteiger partial charge is 0.271 e. The Balaban J connectivity index is 2.41. The Morgan fingerprint density at radius 3 is 2.28 bits per heavy atom. The molecule has 0 fully saturated rings. The first-order valence-corrected chi connectivity index (χ1v) is 6.04. The van der Waals surface area contributed by atoms with Crippen molar-refractivity contribution in [3.8, 4) is 0 Å². The summed E-state index contributed by atoms with van der Waals surface area (Å²) in [5.74, 6) is 5.17. The first-order valence-electron chi connectivity index (χ1n) is 5.28. The summed E-state index contributed by atoms with van der Waals surface area (Å²) in [7, 11) is 0. The van der Waals surface area contributed by atoms with Crippen LogP contribution < -0.4 is 11.3 Å². The Labute approximate surface area is 114 Å². The zero-order valence-corrected chi connectivity index (χ0v) is 10.8. The fourth-order valence-corrected chi connectivity index (χ4v) is 2.16. The molecule has 5 heteroatoms. The predicted octanol–water partition coefficient (Wildman–Crippen LogP) is 3.69. The lowest BCUT2D eigenvalue weighted by Crippen LogP contribution is -2.29. The number of hydrogen-bond acceptors (Lipinski definition) is 2. The molecule has 18 heavy (non-hydrogen) atoms. The van der Waals surface area contributed by atoms with Gasteiger partial charge >= 0.3 is 0 Å². The molecule has 0 aliphatic carbocycles. The normalized spacial score (nSPS) is 12.4. The van der Waals surface area contributed by atoms with Crippen LogP contribution >= 0.6 is 23.2 Å². The molecular weight excluding hydrogens is 274 g/mol. The summed E-state index contributed by atoms with van der Waals surface area (Å²) in [4.78, 5) is 0. The molecule has 0 saturated carbocycles. The number of rotatable bonds is 3. The van der Waals surface area contributed by atoms with Gasteiger partial charge in [-0.1, -0.05) is 41.4 Å². The van der Waals surface area contributed by atoms with E-state index in [1.54, 1.807) is 18.2 Å². The van der Waals surface area contributed by atoms with E-state index >= 15 is 0 Å². The van der Waals surface area contributed by atoms with Crippen molar-refractivity contribution in [1.82, 2.24) is 5.43 Å². The molecule has 0 radical (unpaired) electrons. The van der Waals surface area contributed by atoms with Crippen molar-refractivity contribution in [2.75, 3.05) is 0 Å². The Morgan fingerprint density at radius 2 is 1.72 bits per heavy atom. The van der Waals surface area contributed by atoms with Gasteiger partial charge < -0.3 is 0 Å². The van der Waals surface area contributed by atoms with Crippen molar-refractivity contribution in [1.29, 1.82) is 0 Å². The molecule has 0 spiro atoms. The zero-order valence-electron chi connectivity index (χ0n) is 9.33. The second kappa shape index (κ2) is 5.67. The smallest absolute Gasteiger partial charge is 0.124 e. The van der Waals surface area contributed by atoms with Gasteiger partial charge in [0, 0.05) is 10.0 Å². The van der Waals surface area contributed by atoms with Gasteiger partial charge in [-0.05, 0) is 35.4 Å². The molecule has 0 aliphatic heterocycles. The van der Waals surface area contributed by atoms with E-state index < -0.39 is 0 Å². The van der Waals surface area contributed by atoms with Crippen LogP contribution in [0.3, 0.4) is 0 Å². The van der Waals surface area contributed by atoms with Crippen LogP contribution in [-0.4, -0.2) is 0 Å². The summed E-state index contributed by atoms with van der Waals surface area (Å²) in [5.41, 5.74) is 4.27. The third-order valence-electron chi connectivity index (χ3n) is 2.64. The summed E-state index contributed by atoms with van der Waals surface area (Å²) in [6.45, 7) is 0. The first-order chi connectivity index (χ1) is 8.61. The maximum absolute atomic E-state index is 13.0. The van der Waals surface area contributed by atoms with Crippen LogP contribution in [0, 0.1) is 5.82 Å². The van der Waals surface area contributed by atoms with Gasteiger partial charge in [-0.3, -0.25) is 5.84 Å². The molecule has 1 atom stereocenters. The Hall–Kier alpha value is -1.13. The van der Waals surface area contributed by atoms with Gasteiger partial charge in [0.1, 0.15) is 5.82 Å². The van der Waals surface area contributed by atoms with Crippen LogP contribution in [0.25, 0.3) is 0 Å². The van der Waals surface area contributed by atoms with Crippen LogP contribution in [-0.2, 0) is 0 Å². The van der Waals surface area contributed by atoms with Gasteiger partial charge in [0.2, 0.25) is 0 Å². The molecule has 0 heterocycles. The number of nitrogens with one attached hydrogen (secondary N) is 1. The lowest BCUT2D eigenvalue weighted by molar-refractivity contribution is 0.616. The van der Waals surface area contributed by atoms with Crippen LogP contribution in [0.4, 0.5) is 4.39 Å². The summed E-state index contributed by atoms with van der Waals surface area (Å²) in [6.07, 6.45) is 0. The molecule has 3 N–H and O–H groups in total.